The van der Waals surface area contributed by atoms with Crippen LogP contribution in [0.25, 0.3) is 0 Å². The quantitative estimate of drug-likeness (QED) is 0.448. The summed E-state index contributed by atoms with van der Waals surface area (Å²) in [6, 6.07) is 14.4. The van der Waals surface area contributed by atoms with Gasteiger partial charge in [-0.05, 0) is 24.3 Å². The van der Waals surface area contributed by atoms with Gasteiger partial charge < -0.3 is 20.4 Å². The molecule has 0 aliphatic heterocycles. The lowest BCUT2D eigenvalue weighted by Crippen LogP contribution is -2.37. The summed E-state index contributed by atoms with van der Waals surface area (Å²) in [7, 11) is 0. The molecule has 0 aliphatic carbocycles. The van der Waals surface area contributed by atoms with Gasteiger partial charge in [0.2, 0.25) is 0 Å². The van der Waals surface area contributed by atoms with Crippen LogP contribution in [0, 0.1) is 5.41 Å². The molecular formula is C19H22Br2O6. The first-order chi connectivity index (χ1) is 12.9. The first kappa shape index (κ1) is 25.6. The van der Waals surface area contributed by atoms with Crippen molar-refractivity contribution in [3.63, 3.8) is 0 Å². The van der Waals surface area contributed by atoms with Gasteiger partial charge in [0.15, 0.2) is 0 Å². The van der Waals surface area contributed by atoms with Gasteiger partial charge in [-0.15, -0.1) is 0 Å². The van der Waals surface area contributed by atoms with Gasteiger partial charge in [0.05, 0.1) is 31.8 Å². The van der Waals surface area contributed by atoms with Crippen molar-refractivity contribution in [3.05, 3.63) is 68.6 Å². The molecule has 6 nitrogen and oxygen atoms in total. The molecule has 148 valence electrons. The predicted octanol–water partition coefficient (Wildman–Crippen LogP) is 2.47. The molecule has 2 aromatic rings. The molecule has 0 aliphatic rings. The number of aliphatic hydroxyl groups is 4. The Morgan fingerprint density at radius 1 is 0.630 bits per heavy atom. The Morgan fingerprint density at radius 2 is 0.889 bits per heavy atom. The number of rotatable bonds is 6. The fourth-order valence-corrected chi connectivity index (χ4v) is 1.91. The topological polar surface area (TPSA) is 115 Å². The lowest BCUT2D eigenvalue weighted by molar-refractivity contribution is -0.0328. The molecule has 0 bridgehead atoms. The van der Waals surface area contributed by atoms with Crippen molar-refractivity contribution in [1.82, 2.24) is 0 Å². The van der Waals surface area contributed by atoms with Gasteiger partial charge in [0, 0.05) is 20.1 Å². The zero-order valence-electron chi connectivity index (χ0n) is 14.5. The van der Waals surface area contributed by atoms with Crippen LogP contribution in [0.2, 0.25) is 0 Å². The highest BCUT2D eigenvalue weighted by molar-refractivity contribution is 9.10. The van der Waals surface area contributed by atoms with Gasteiger partial charge >= 0.3 is 0 Å². The molecule has 0 aromatic heterocycles. The Hall–Kier alpha value is -1.42. The average molecular weight is 506 g/mol. The van der Waals surface area contributed by atoms with E-state index in [0.717, 1.165) is 21.5 Å². The summed E-state index contributed by atoms with van der Waals surface area (Å²) in [6.45, 7) is -1.62. The fourth-order valence-electron chi connectivity index (χ4n) is 1.38. The minimum atomic E-state index is -1.11. The van der Waals surface area contributed by atoms with Gasteiger partial charge in [-0.25, -0.2) is 0 Å². The number of aliphatic hydroxyl groups excluding tert-OH is 4. The molecule has 4 N–H and O–H groups in total. The minimum Gasteiger partial charge on any atom is -0.396 e. The van der Waals surface area contributed by atoms with Gasteiger partial charge in [-0.3, -0.25) is 9.59 Å². The molecule has 0 radical (unpaired) electrons. The van der Waals surface area contributed by atoms with E-state index in [9.17, 15) is 9.59 Å². The third-order valence-electron chi connectivity index (χ3n) is 3.35. The van der Waals surface area contributed by atoms with Crippen molar-refractivity contribution in [2.45, 2.75) is 0 Å². The molecule has 0 heterocycles. The zero-order chi connectivity index (χ0) is 20.7. The Kier molecular flexibility index (Phi) is 13.8. The van der Waals surface area contributed by atoms with Crippen LogP contribution >= 0.6 is 31.9 Å². The van der Waals surface area contributed by atoms with Gasteiger partial charge in [-0.1, -0.05) is 56.1 Å². The largest absolute Gasteiger partial charge is 0.396 e. The van der Waals surface area contributed by atoms with Crippen molar-refractivity contribution in [1.29, 1.82) is 0 Å². The first-order valence-corrected chi connectivity index (χ1v) is 9.33. The van der Waals surface area contributed by atoms with E-state index >= 15 is 0 Å². The SMILES string of the molecule is O=Cc1ccc(Br)cc1.O=Cc1ccc(Br)cc1.OCC(CO)(CO)CO. The molecular weight excluding hydrogens is 484 g/mol. The smallest absolute Gasteiger partial charge is 0.150 e. The monoisotopic (exact) mass is 504 g/mol. The third-order valence-corrected chi connectivity index (χ3v) is 4.41. The third kappa shape index (κ3) is 10.5. The summed E-state index contributed by atoms with van der Waals surface area (Å²) in [5, 5.41) is 34.0. The summed E-state index contributed by atoms with van der Waals surface area (Å²) >= 11 is 6.52. The number of hydrogen-bond acceptors (Lipinski definition) is 6. The lowest BCUT2D eigenvalue weighted by Gasteiger charge is -2.23. The maximum atomic E-state index is 10.1. The van der Waals surface area contributed by atoms with Crippen LogP contribution < -0.4 is 0 Å². The number of benzene rings is 2. The Morgan fingerprint density at radius 3 is 1.04 bits per heavy atom. The molecule has 0 atom stereocenters. The Balaban J connectivity index is 0.000000376. The van der Waals surface area contributed by atoms with Crippen LogP contribution in [0.3, 0.4) is 0 Å². The normalized spacial score (nSPS) is 10.0. The van der Waals surface area contributed by atoms with E-state index in [0.29, 0.717) is 11.1 Å². The Labute approximate surface area is 174 Å². The average Bonchev–Trinajstić information content (AvgIpc) is 2.72. The number of carbonyl (C=O) groups excluding carboxylic acids is 2. The van der Waals surface area contributed by atoms with E-state index in [2.05, 4.69) is 31.9 Å². The molecule has 0 amide bonds. The summed E-state index contributed by atoms with van der Waals surface area (Å²) < 4.78 is 1.99. The van der Waals surface area contributed by atoms with Gasteiger partial charge in [0.25, 0.3) is 0 Å². The molecule has 0 fully saturated rings. The summed E-state index contributed by atoms with van der Waals surface area (Å²) in [6.07, 6.45) is 1.65. The Bertz CT molecular complexity index is 588. The van der Waals surface area contributed by atoms with E-state index in [4.69, 9.17) is 20.4 Å². The van der Waals surface area contributed by atoms with E-state index in [1.54, 1.807) is 24.3 Å². The van der Waals surface area contributed by atoms with Crippen molar-refractivity contribution < 1.29 is 30.0 Å². The number of aldehydes is 2. The van der Waals surface area contributed by atoms with Crippen LogP contribution in [0.4, 0.5) is 0 Å². The van der Waals surface area contributed by atoms with Gasteiger partial charge in [-0.2, -0.15) is 0 Å². The van der Waals surface area contributed by atoms with Crippen molar-refractivity contribution in [2.24, 2.45) is 5.41 Å². The van der Waals surface area contributed by atoms with Crippen LogP contribution in [-0.2, 0) is 0 Å². The highest BCUT2D eigenvalue weighted by atomic mass is 79.9. The molecule has 27 heavy (non-hydrogen) atoms. The molecule has 0 saturated carbocycles. The highest BCUT2D eigenvalue weighted by Gasteiger charge is 2.26. The van der Waals surface area contributed by atoms with Crippen LogP contribution in [0.15, 0.2) is 57.5 Å². The maximum absolute atomic E-state index is 10.1. The first-order valence-electron chi connectivity index (χ1n) is 7.75. The maximum Gasteiger partial charge on any atom is 0.150 e. The predicted molar refractivity (Wildman–Crippen MR) is 110 cm³/mol. The van der Waals surface area contributed by atoms with Crippen LogP contribution in [-0.4, -0.2) is 59.4 Å². The standard InChI is InChI=1S/2C7H5BrO.C5H12O4/c2*8-7-3-1-6(5-9)2-4-7;6-1-5(2-7,3-8)4-9/h2*1-5H;6-9H,1-4H2. The molecule has 8 heteroatoms. The lowest BCUT2D eigenvalue weighted by atomic mass is 9.93. The van der Waals surface area contributed by atoms with Crippen molar-refractivity contribution in [3.8, 4) is 0 Å². The number of carbonyl (C=O) groups is 2. The molecule has 2 rings (SSSR count). The highest BCUT2D eigenvalue weighted by Crippen LogP contribution is 2.12. The fraction of sp³-hybridized carbons (Fsp3) is 0.263. The number of hydrogen-bond donors (Lipinski definition) is 4. The van der Waals surface area contributed by atoms with Crippen LogP contribution in [0.5, 0.6) is 0 Å². The van der Waals surface area contributed by atoms with Crippen LogP contribution in [0.1, 0.15) is 20.7 Å². The minimum absolute atomic E-state index is 0.406. The molecule has 2 aromatic carbocycles. The zero-order valence-corrected chi connectivity index (χ0v) is 17.6. The second kappa shape index (κ2) is 14.6. The van der Waals surface area contributed by atoms with E-state index in [-0.39, 0.29) is 0 Å². The second-order valence-corrected chi connectivity index (χ2v) is 7.30. The summed E-state index contributed by atoms with van der Waals surface area (Å²) in [5.41, 5.74) is 0.302. The molecule has 0 saturated heterocycles. The van der Waals surface area contributed by atoms with E-state index in [1.807, 2.05) is 24.3 Å². The molecule has 0 spiro atoms. The number of halogens is 2. The van der Waals surface area contributed by atoms with E-state index < -0.39 is 31.8 Å². The van der Waals surface area contributed by atoms with Crippen molar-refractivity contribution in [2.75, 3.05) is 26.4 Å². The second-order valence-electron chi connectivity index (χ2n) is 5.47. The van der Waals surface area contributed by atoms with Crippen molar-refractivity contribution >= 4 is 44.4 Å². The van der Waals surface area contributed by atoms with E-state index in [1.165, 1.54) is 0 Å². The summed E-state index contributed by atoms with van der Waals surface area (Å²) in [4.78, 5) is 20.2. The summed E-state index contributed by atoms with van der Waals surface area (Å²) in [5.74, 6) is 0. The molecule has 0 unspecified atom stereocenters. The van der Waals surface area contributed by atoms with Gasteiger partial charge in [0.1, 0.15) is 12.6 Å².